The number of fused-ring (bicyclic) bond motifs is 1. The number of carbonyl (C=O) groups is 2. The van der Waals surface area contributed by atoms with Gasteiger partial charge in [0.1, 0.15) is 11.5 Å². The predicted octanol–water partition coefficient (Wildman–Crippen LogP) is 5.70. The molecule has 4 rings (SSSR count). The van der Waals surface area contributed by atoms with Gasteiger partial charge < -0.3 is 9.47 Å². The average molecular weight is 396 g/mol. The first kappa shape index (κ1) is 19.4. The number of hydrogen-bond acceptors (Lipinski definition) is 4. The maximum Gasteiger partial charge on any atom is 0.343 e. The van der Waals surface area contributed by atoms with Gasteiger partial charge in [-0.05, 0) is 49.2 Å². The molecule has 0 bridgehead atoms. The van der Waals surface area contributed by atoms with Crippen LogP contribution in [0.25, 0.3) is 6.08 Å². The van der Waals surface area contributed by atoms with Gasteiger partial charge >= 0.3 is 5.97 Å². The highest BCUT2D eigenvalue weighted by Gasteiger charge is 2.30. The van der Waals surface area contributed by atoms with Gasteiger partial charge in [-0.1, -0.05) is 60.7 Å². The molecule has 0 unspecified atom stereocenters. The topological polar surface area (TPSA) is 52.6 Å². The molecule has 1 aliphatic heterocycles. The van der Waals surface area contributed by atoms with E-state index in [4.69, 9.17) is 9.47 Å². The molecule has 0 radical (unpaired) electrons. The smallest absolute Gasteiger partial charge is 0.343 e. The molecule has 148 valence electrons. The van der Waals surface area contributed by atoms with Gasteiger partial charge in [0.05, 0.1) is 11.1 Å². The summed E-state index contributed by atoms with van der Waals surface area (Å²) in [6, 6.07) is 20.3. The van der Waals surface area contributed by atoms with Gasteiger partial charge in [0.2, 0.25) is 5.78 Å². The lowest BCUT2D eigenvalue weighted by molar-refractivity contribution is 0.0732. The fraction of sp³-hybridized carbons (Fsp3) is 0.0769. The van der Waals surface area contributed by atoms with Gasteiger partial charge in [0.15, 0.2) is 5.76 Å². The van der Waals surface area contributed by atoms with E-state index in [0.717, 1.165) is 11.1 Å². The molecule has 0 spiro atoms. The van der Waals surface area contributed by atoms with E-state index in [1.54, 1.807) is 43.3 Å². The first-order chi connectivity index (χ1) is 14.5. The number of ketones is 1. The molecule has 1 aliphatic rings. The van der Waals surface area contributed by atoms with Crippen LogP contribution in [-0.2, 0) is 0 Å². The van der Waals surface area contributed by atoms with Crippen molar-refractivity contribution >= 4 is 17.8 Å². The normalized spacial score (nSPS) is 14.1. The Morgan fingerprint density at radius 3 is 2.43 bits per heavy atom. The summed E-state index contributed by atoms with van der Waals surface area (Å²) in [6.45, 7) is 3.63. The largest absolute Gasteiger partial charge is 0.452 e. The second-order valence-electron chi connectivity index (χ2n) is 7.00. The van der Waals surface area contributed by atoms with Crippen LogP contribution in [-0.4, -0.2) is 11.8 Å². The zero-order valence-electron chi connectivity index (χ0n) is 16.7. The standard InChI is InChI=1S/C26H20O4/c1-17-9-6-7-13-20(17)26(28)30-22-16-15-21-24(27)23(29-25(21)18(22)2)14-8-12-19-10-4-3-5-11-19/h3-16H,1-2H3/b12-8+,23-14-. The summed E-state index contributed by atoms with van der Waals surface area (Å²) in [5, 5.41) is 0. The molecule has 0 aromatic heterocycles. The summed E-state index contributed by atoms with van der Waals surface area (Å²) in [4.78, 5) is 25.2. The summed E-state index contributed by atoms with van der Waals surface area (Å²) < 4.78 is 11.4. The number of aryl methyl sites for hydroxylation is 1. The SMILES string of the molecule is Cc1ccccc1C(=O)Oc1ccc2c(c1C)O/C(=C\C=C\c1ccccc1)C2=O. The Hall–Kier alpha value is -3.92. The fourth-order valence-corrected chi connectivity index (χ4v) is 3.26. The van der Waals surface area contributed by atoms with Gasteiger partial charge in [-0.25, -0.2) is 4.79 Å². The second kappa shape index (κ2) is 8.21. The molecule has 0 saturated heterocycles. The lowest BCUT2D eigenvalue weighted by Crippen LogP contribution is -2.11. The lowest BCUT2D eigenvalue weighted by atomic mass is 10.1. The Bertz CT molecular complexity index is 1190. The number of esters is 1. The molecule has 0 saturated carbocycles. The third kappa shape index (κ3) is 3.80. The Labute approximate surface area is 175 Å². The Morgan fingerprint density at radius 2 is 1.67 bits per heavy atom. The quantitative estimate of drug-likeness (QED) is 0.323. The van der Waals surface area contributed by atoms with E-state index < -0.39 is 5.97 Å². The molecular weight excluding hydrogens is 376 g/mol. The molecule has 3 aromatic carbocycles. The van der Waals surface area contributed by atoms with Crippen molar-refractivity contribution in [1.82, 2.24) is 0 Å². The molecule has 3 aromatic rings. The summed E-state index contributed by atoms with van der Waals surface area (Å²) in [5.41, 5.74) is 3.43. The predicted molar refractivity (Wildman–Crippen MR) is 116 cm³/mol. The van der Waals surface area contributed by atoms with Gasteiger partial charge in [-0.15, -0.1) is 0 Å². The zero-order chi connectivity index (χ0) is 21.1. The van der Waals surface area contributed by atoms with E-state index in [2.05, 4.69) is 0 Å². The van der Waals surface area contributed by atoms with E-state index in [1.807, 2.05) is 55.5 Å². The Morgan fingerprint density at radius 1 is 0.933 bits per heavy atom. The molecule has 30 heavy (non-hydrogen) atoms. The number of rotatable bonds is 4. The van der Waals surface area contributed by atoms with E-state index in [1.165, 1.54) is 0 Å². The van der Waals surface area contributed by atoms with Crippen LogP contribution in [0.2, 0.25) is 0 Å². The number of allylic oxidation sites excluding steroid dienone is 3. The highest BCUT2D eigenvalue weighted by Crippen LogP contribution is 2.39. The van der Waals surface area contributed by atoms with E-state index in [9.17, 15) is 9.59 Å². The highest BCUT2D eigenvalue weighted by atomic mass is 16.5. The van der Waals surface area contributed by atoms with Crippen LogP contribution in [0.1, 0.15) is 37.4 Å². The molecule has 0 amide bonds. The van der Waals surface area contributed by atoms with Crippen molar-refractivity contribution in [2.24, 2.45) is 0 Å². The van der Waals surface area contributed by atoms with Crippen molar-refractivity contribution < 1.29 is 19.1 Å². The van der Waals surface area contributed by atoms with Crippen molar-refractivity contribution in [1.29, 1.82) is 0 Å². The fourth-order valence-electron chi connectivity index (χ4n) is 3.26. The molecule has 1 heterocycles. The average Bonchev–Trinajstić information content (AvgIpc) is 3.07. The van der Waals surface area contributed by atoms with Crippen molar-refractivity contribution in [3.8, 4) is 11.5 Å². The van der Waals surface area contributed by atoms with Gasteiger partial charge in [0.25, 0.3) is 0 Å². The first-order valence-electron chi connectivity index (χ1n) is 9.62. The van der Waals surface area contributed by atoms with Crippen LogP contribution in [0, 0.1) is 13.8 Å². The number of benzene rings is 3. The molecule has 0 aliphatic carbocycles. The minimum atomic E-state index is -0.443. The van der Waals surface area contributed by atoms with E-state index >= 15 is 0 Å². The summed E-state index contributed by atoms with van der Waals surface area (Å²) in [5.74, 6) is 0.401. The minimum absolute atomic E-state index is 0.192. The van der Waals surface area contributed by atoms with Crippen LogP contribution in [0.15, 0.2) is 84.6 Å². The van der Waals surface area contributed by atoms with Gasteiger partial charge in [0, 0.05) is 5.56 Å². The minimum Gasteiger partial charge on any atom is -0.452 e. The maximum atomic E-state index is 12.7. The molecule has 0 N–H and O–H groups in total. The van der Waals surface area contributed by atoms with Crippen LogP contribution in [0.5, 0.6) is 11.5 Å². The third-order valence-corrected chi connectivity index (χ3v) is 4.94. The lowest BCUT2D eigenvalue weighted by Gasteiger charge is -2.11. The van der Waals surface area contributed by atoms with Crippen LogP contribution >= 0.6 is 0 Å². The van der Waals surface area contributed by atoms with E-state index in [0.29, 0.717) is 28.2 Å². The molecular formula is C26H20O4. The Balaban J connectivity index is 1.56. The Kier molecular flexibility index (Phi) is 5.31. The first-order valence-corrected chi connectivity index (χ1v) is 9.62. The number of ether oxygens (including phenoxy) is 2. The molecule has 0 fully saturated rings. The van der Waals surface area contributed by atoms with Crippen molar-refractivity contribution in [2.45, 2.75) is 13.8 Å². The second-order valence-corrected chi connectivity index (χ2v) is 7.00. The molecule has 4 heteroatoms. The van der Waals surface area contributed by atoms with Gasteiger partial charge in [-0.2, -0.15) is 0 Å². The molecule has 4 nitrogen and oxygen atoms in total. The number of Topliss-reactive ketones (excluding diaryl/α,β-unsaturated/α-hetero) is 1. The van der Waals surface area contributed by atoms with Crippen molar-refractivity contribution in [2.75, 3.05) is 0 Å². The van der Waals surface area contributed by atoms with Crippen LogP contribution in [0.4, 0.5) is 0 Å². The van der Waals surface area contributed by atoms with Crippen LogP contribution in [0.3, 0.4) is 0 Å². The van der Waals surface area contributed by atoms with Crippen molar-refractivity contribution in [3.63, 3.8) is 0 Å². The van der Waals surface area contributed by atoms with Gasteiger partial charge in [-0.3, -0.25) is 4.79 Å². The summed E-state index contributed by atoms with van der Waals surface area (Å²) >= 11 is 0. The summed E-state index contributed by atoms with van der Waals surface area (Å²) in [7, 11) is 0. The summed E-state index contributed by atoms with van der Waals surface area (Å²) in [6.07, 6.45) is 5.32. The monoisotopic (exact) mass is 396 g/mol. The third-order valence-electron chi connectivity index (χ3n) is 4.94. The highest BCUT2D eigenvalue weighted by molar-refractivity contribution is 6.13. The number of hydrogen-bond donors (Lipinski definition) is 0. The van der Waals surface area contributed by atoms with Crippen molar-refractivity contribution in [3.05, 3.63) is 112 Å². The zero-order valence-corrected chi connectivity index (χ0v) is 16.7. The van der Waals surface area contributed by atoms with E-state index in [-0.39, 0.29) is 11.5 Å². The van der Waals surface area contributed by atoms with Crippen LogP contribution < -0.4 is 9.47 Å². The number of carbonyl (C=O) groups excluding carboxylic acids is 2. The maximum absolute atomic E-state index is 12.7. The molecule has 0 atom stereocenters.